The summed E-state index contributed by atoms with van der Waals surface area (Å²) in [5, 5.41) is 15.5. The van der Waals surface area contributed by atoms with Crippen LogP contribution in [0.1, 0.15) is 106 Å². The number of hydrogen-bond acceptors (Lipinski definition) is 7. The molecule has 0 aromatic carbocycles. The van der Waals surface area contributed by atoms with Gasteiger partial charge in [-0.2, -0.15) is 13.2 Å². The minimum atomic E-state index is -4.24. The van der Waals surface area contributed by atoms with E-state index in [4.69, 9.17) is 14.2 Å². The van der Waals surface area contributed by atoms with Gasteiger partial charge in [0.25, 0.3) is 0 Å². The van der Waals surface area contributed by atoms with Crippen molar-refractivity contribution >= 4 is 12.2 Å². The van der Waals surface area contributed by atoms with Gasteiger partial charge in [0.15, 0.2) is 0 Å². The summed E-state index contributed by atoms with van der Waals surface area (Å²) in [6, 6.07) is -0.326. The minimum absolute atomic E-state index is 0.0826. The molecule has 8 aliphatic rings. The molecule has 8 fully saturated rings. The van der Waals surface area contributed by atoms with E-state index in [9.17, 15) is 27.9 Å². The maximum absolute atomic E-state index is 13.0. The van der Waals surface area contributed by atoms with Gasteiger partial charge < -0.3 is 29.5 Å². The second kappa shape index (κ2) is 12.1. The van der Waals surface area contributed by atoms with E-state index in [1.165, 1.54) is 4.90 Å². The SMILES string of the molecule is CC(C)[C@@H](OC(=O)N1CCC1)C1C[C@@H](C)[C@H]2C(O1)[C@H](O)[C@@]1(C)C3CC[C@H]4C(C)(C)[C@@H](OC(=O)NC5CN(CC(F)(F)F)C5)CC[C@@]45CC35CC[C@]21C. The van der Waals surface area contributed by atoms with Gasteiger partial charge in [-0.1, -0.05) is 48.5 Å². The maximum atomic E-state index is 13.0. The molecule has 0 radical (unpaired) electrons. The molecule has 8 rings (SSSR count). The van der Waals surface area contributed by atoms with Crippen LogP contribution in [0.15, 0.2) is 0 Å². The summed E-state index contributed by atoms with van der Waals surface area (Å²) >= 11 is 0. The van der Waals surface area contributed by atoms with Crippen LogP contribution in [0.3, 0.4) is 0 Å². The van der Waals surface area contributed by atoms with Gasteiger partial charge in [0.1, 0.15) is 12.2 Å². The predicted octanol–water partition coefficient (Wildman–Crippen LogP) is 7.01. The van der Waals surface area contributed by atoms with Crippen molar-refractivity contribution in [1.29, 1.82) is 0 Å². The smallest absolute Gasteiger partial charge is 0.410 e. The molecule has 2 amide bonds. The van der Waals surface area contributed by atoms with E-state index in [0.29, 0.717) is 17.8 Å². The highest BCUT2D eigenvalue weighted by atomic mass is 19.4. The number of likely N-dealkylation sites (tertiary alicyclic amines) is 2. The first kappa shape index (κ1) is 37.1. The molecule has 3 saturated heterocycles. The number of fused-ring (bicyclic) bond motifs is 4. The largest absolute Gasteiger partial charge is 0.446 e. The molecule has 2 N–H and O–H groups in total. The lowest BCUT2D eigenvalue weighted by atomic mass is 9.41. The van der Waals surface area contributed by atoms with E-state index >= 15 is 0 Å². The van der Waals surface area contributed by atoms with Crippen LogP contribution in [0.25, 0.3) is 0 Å². The van der Waals surface area contributed by atoms with Crippen LogP contribution in [-0.2, 0) is 14.2 Å². The Hall–Kier alpha value is -1.79. The van der Waals surface area contributed by atoms with Crippen molar-refractivity contribution in [3.8, 4) is 0 Å². The Kier molecular flexibility index (Phi) is 8.65. The third-order valence-electron chi connectivity index (χ3n) is 17.1. The zero-order valence-corrected chi connectivity index (χ0v) is 32.3. The summed E-state index contributed by atoms with van der Waals surface area (Å²) in [6.45, 7) is 16.7. The Morgan fingerprint density at radius 3 is 2.31 bits per heavy atom. The Bertz CT molecular complexity index is 1440. The molecule has 3 heterocycles. The molecule has 0 aromatic heterocycles. The molecule has 12 heteroatoms. The van der Waals surface area contributed by atoms with Crippen molar-refractivity contribution in [2.45, 2.75) is 149 Å². The van der Waals surface area contributed by atoms with Crippen molar-refractivity contribution in [2.24, 2.45) is 56.7 Å². The fourth-order valence-corrected chi connectivity index (χ4v) is 14.4. The van der Waals surface area contributed by atoms with Crippen LogP contribution < -0.4 is 5.32 Å². The lowest BCUT2D eigenvalue weighted by Gasteiger charge is -2.63. The number of carbonyl (C=O) groups is 2. The van der Waals surface area contributed by atoms with Crippen molar-refractivity contribution in [3.05, 3.63) is 0 Å². The maximum Gasteiger partial charge on any atom is 0.410 e. The quantitative estimate of drug-likeness (QED) is 0.303. The monoisotopic (exact) mass is 737 g/mol. The molecular formula is C40H62F3N3O6. The van der Waals surface area contributed by atoms with Crippen molar-refractivity contribution in [2.75, 3.05) is 32.7 Å². The molecule has 9 nitrogen and oxygen atoms in total. The number of alkyl carbamates (subject to hydrolysis) is 1. The first-order chi connectivity index (χ1) is 24.3. The summed E-state index contributed by atoms with van der Waals surface area (Å²) in [7, 11) is 0. The van der Waals surface area contributed by atoms with E-state index in [2.05, 4.69) is 53.8 Å². The van der Waals surface area contributed by atoms with Crippen LogP contribution in [0.4, 0.5) is 22.8 Å². The zero-order chi connectivity index (χ0) is 37.4. The molecule has 4 unspecified atom stereocenters. The van der Waals surface area contributed by atoms with Crippen molar-refractivity contribution in [1.82, 2.24) is 15.1 Å². The zero-order valence-electron chi connectivity index (χ0n) is 32.3. The van der Waals surface area contributed by atoms with Gasteiger partial charge in [-0.25, -0.2) is 9.59 Å². The summed E-state index contributed by atoms with van der Waals surface area (Å²) in [5.41, 5.74) is -0.351. The number of ether oxygens (including phenoxy) is 3. The van der Waals surface area contributed by atoms with Gasteiger partial charge in [0.05, 0.1) is 30.9 Å². The number of halogens is 3. The summed E-state index contributed by atoms with van der Waals surface area (Å²) in [5.74, 6) is 1.39. The standard InChI is InChI=1S/C40H62F3N3O6/c1-22(2)30(52-34(49)46-15-8-16-46)25-17-23(3)29-31(50-25)32(47)37(7)27-10-9-26-35(4,5)28(11-12-38(26)20-39(27,38)14-13-36(29,37)6)51-33(48)44-24-18-45(19-24)21-40(41,42)43/h22-32,47H,8-21H2,1-7H3,(H,44,48)/t23-,25?,26+,27?,28+,29+,30-,31?,32+,36-,37-,38-,39?/m1/s1. The number of carbonyl (C=O) groups excluding carboxylic acids is 2. The molecule has 5 aliphatic carbocycles. The third kappa shape index (κ3) is 5.24. The van der Waals surface area contributed by atoms with E-state index in [-0.39, 0.29) is 88.6 Å². The average molecular weight is 738 g/mol. The second-order valence-electron chi connectivity index (χ2n) is 20.0. The topological polar surface area (TPSA) is 101 Å². The van der Waals surface area contributed by atoms with Crippen molar-refractivity contribution < 1.29 is 42.1 Å². The number of rotatable bonds is 6. The average Bonchev–Trinajstić information content (AvgIpc) is 3.63. The van der Waals surface area contributed by atoms with Crippen LogP contribution in [0.2, 0.25) is 0 Å². The highest BCUT2D eigenvalue weighted by Gasteiger charge is 2.84. The molecule has 52 heavy (non-hydrogen) atoms. The van der Waals surface area contributed by atoms with E-state index in [1.807, 2.05) is 0 Å². The third-order valence-corrected chi connectivity index (χ3v) is 17.1. The number of amides is 2. The van der Waals surface area contributed by atoms with Crippen LogP contribution in [0.5, 0.6) is 0 Å². The number of nitrogens with zero attached hydrogens (tertiary/aromatic N) is 2. The summed E-state index contributed by atoms with van der Waals surface area (Å²) in [6.07, 6.45) is 2.17. The molecular weight excluding hydrogens is 675 g/mol. The minimum Gasteiger partial charge on any atom is -0.446 e. The van der Waals surface area contributed by atoms with Gasteiger partial charge in [-0.3, -0.25) is 4.90 Å². The number of aliphatic hydroxyl groups is 1. The molecule has 2 spiro atoms. The fourth-order valence-electron chi connectivity index (χ4n) is 14.4. The Morgan fingerprint density at radius 2 is 1.67 bits per heavy atom. The number of alkyl halides is 3. The molecule has 5 saturated carbocycles. The lowest BCUT2D eigenvalue weighted by Crippen LogP contribution is -2.62. The van der Waals surface area contributed by atoms with Gasteiger partial charge in [0, 0.05) is 37.0 Å². The molecule has 0 bridgehead atoms. The van der Waals surface area contributed by atoms with Crippen molar-refractivity contribution in [3.63, 3.8) is 0 Å². The number of hydrogen-bond donors (Lipinski definition) is 2. The Labute approximate surface area is 307 Å². The van der Waals surface area contributed by atoms with E-state index in [1.54, 1.807) is 4.90 Å². The number of aliphatic hydroxyl groups excluding tert-OH is 1. The first-order valence-electron chi connectivity index (χ1n) is 20.3. The van der Waals surface area contributed by atoms with Gasteiger partial charge in [0.2, 0.25) is 0 Å². The van der Waals surface area contributed by atoms with Gasteiger partial charge >= 0.3 is 18.4 Å². The number of nitrogens with one attached hydrogen (secondary N) is 1. The summed E-state index contributed by atoms with van der Waals surface area (Å²) < 4.78 is 57.4. The first-order valence-corrected chi connectivity index (χ1v) is 20.3. The van der Waals surface area contributed by atoms with Crippen LogP contribution in [0, 0.1) is 56.7 Å². The van der Waals surface area contributed by atoms with Crippen LogP contribution in [-0.4, -0.2) is 103 Å². The molecule has 13 atom stereocenters. The van der Waals surface area contributed by atoms with Gasteiger partial charge in [-0.05, 0) is 104 Å². The predicted molar refractivity (Wildman–Crippen MR) is 187 cm³/mol. The van der Waals surface area contributed by atoms with Gasteiger partial charge in [-0.15, -0.1) is 0 Å². The molecule has 3 aliphatic heterocycles. The van der Waals surface area contributed by atoms with Crippen LogP contribution >= 0.6 is 0 Å². The van der Waals surface area contributed by atoms with E-state index in [0.717, 1.165) is 70.9 Å². The molecule has 294 valence electrons. The molecule has 0 aromatic rings. The Balaban J connectivity index is 0.965. The second-order valence-corrected chi connectivity index (χ2v) is 20.0. The fraction of sp³-hybridized carbons (Fsp3) is 0.950. The Morgan fingerprint density at radius 1 is 1.00 bits per heavy atom. The lowest BCUT2D eigenvalue weighted by molar-refractivity contribution is -0.185. The summed E-state index contributed by atoms with van der Waals surface area (Å²) in [4.78, 5) is 29.0. The highest BCUT2D eigenvalue weighted by Crippen LogP contribution is 2.89. The normalized spacial score (nSPS) is 47.0. The van der Waals surface area contributed by atoms with E-state index < -0.39 is 24.9 Å². The highest BCUT2D eigenvalue weighted by molar-refractivity contribution is 5.69.